The van der Waals surface area contributed by atoms with E-state index in [1.54, 1.807) is 23.4 Å². The number of nitrogens with zero attached hydrogens (tertiary/aromatic N) is 4. The van der Waals surface area contributed by atoms with Gasteiger partial charge in [-0.15, -0.1) is 0 Å². The molecule has 0 spiro atoms. The van der Waals surface area contributed by atoms with Gasteiger partial charge in [0, 0.05) is 43.6 Å². The van der Waals surface area contributed by atoms with Gasteiger partial charge in [-0.05, 0) is 42.5 Å². The van der Waals surface area contributed by atoms with Gasteiger partial charge in [0.1, 0.15) is 11.7 Å². The summed E-state index contributed by atoms with van der Waals surface area (Å²) in [6.45, 7) is 7.84. The Morgan fingerprint density at radius 2 is 1.95 bits per heavy atom. The van der Waals surface area contributed by atoms with Gasteiger partial charge in [0.15, 0.2) is 0 Å². The smallest absolute Gasteiger partial charge is 0.256 e. The number of pyridine rings is 1. The Kier molecular flexibility index (Phi) is 6.54. The minimum absolute atomic E-state index is 0.0333. The number of carbonyl (C=O) groups is 2. The lowest BCUT2D eigenvalue weighted by atomic mass is 9.78. The van der Waals surface area contributed by atoms with Crippen LogP contribution in [0.3, 0.4) is 0 Å². The van der Waals surface area contributed by atoms with Gasteiger partial charge in [0.05, 0.1) is 23.3 Å². The van der Waals surface area contributed by atoms with E-state index in [0.29, 0.717) is 30.0 Å². The summed E-state index contributed by atoms with van der Waals surface area (Å²) in [7, 11) is 0. The summed E-state index contributed by atoms with van der Waals surface area (Å²) in [6, 6.07) is 13.1. The SMILES string of the molecule is Cc1cc([C@H](C(=O)N2C[C@H](O)C[C@@H]2C2=NC(=O)[C@](C)(c3ccc(-c4cccnc4)cc3)C2)C(C)C)on1. The van der Waals surface area contributed by atoms with Crippen LogP contribution in [0.5, 0.6) is 0 Å². The number of benzene rings is 1. The average molecular weight is 501 g/mol. The van der Waals surface area contributed by atoms with Crippen molar-refractivity contribution in [1.82, 2.24) is 15.0 Å². The van der Waals surface area contributed by atoms with Crippen molar-refractivity contribution in [2.24, 2.45) is 10.9 Å². The summed E-state index contributed by atoms with van der Waals surface area (Å²) in [5.41, 5.74) is 3.42. The third kappa shape index (κ3) is 4.62. The Morgan fingerprint density at radius 1 is 1.19 bits per heavy atom. The van der Waals surface area contributed by atoms with Crippen LogP contribution in [0.1, 0.15) is 56.5 Å². The predicted molar refractivity (Wildman–Crippen MR) is 139 cm³/mol. The second-order valence-corrected chi connectivity index (χ2v) is 10.7. The molecule has 2 amide bonds. The van der Waals surface area contributed by atoms with Crippen molar-refractivity contribution in [3.8, 4) is 11.1 Å². The average Bonchev–Trinajstić information content (AvgIpc) is 3.57. The Balaban J connectivity index is 1.39. The van der Waals surface area contributed by atoms with Gasteiger partial charge >= 0.3 is 0 Å². The molecule has 2 aliphatic heterocycles. The summed E-state index contributed by atoms with van der Waals surface area (Å²) in [5, 5.41) is 14.5. The number of aliphatic hydroxyl groups excluding tert-OH is 1. The summed E-state index contributed by atoms with van der Waals surface area (Å²) in [4.78, 5) is 37.3. The molecule has 1 N–H and O–H groups in total. The number of hydrogen-bond donors (Lipinski definition) is 1. The summed E-state index contributed by atoms with van der Waals surface area (Å²) < 4.78 is 5.46. The second kappa shape index (κ2) is 9.67. The number of hydrogen-bond acceptors (Lipinski definition) is 6. The fourth-order valence-electron chi connectivity index (χ4n) is 5.53. The zero-order valence-electron chi connectivity index (χ0n) is 21.6. The standard InChI is InChI=1S/C29H32N4O4/c1-17(2)26(25-12-18(3)32-37-25)27(35)33-16-22(34)13-24(33)23-14-29(4,28(36)31-23)21-9-7-19(8-10-21)20-6-5-11-30-15-20/h5-12,15,17,22,24,26,34H,13-14,16H2,1-4H3/t22-,24-,26-,29+/m1/s1. The van der Waals surface area contributed by atoms with E-state index in [0.717, 1.165) is 16.7 Å². The van der Waals surface area contributed by atoms with Crippen molar-refractivity contribution in [2.75, 3.05) is 6.54 Å². The lowest BCUT2D eigenvalue weighted by molar-refractivity contribution is -0.134. The van der Waals surface area contributed by atoms with Crippen LogP contribution in [0.4, 0.5) is 0 Å². The van der Waals surface area contributed by atoms with Crippen molar-refractivity contribution >= 4 is 17.5 Å². The van der Waals surface area contributed by atoms with Crippen LogP contribution in [0.25, 0.3) is 11.1 Å². The highest BCUT2D eigenvalue weighted by Crippen LogP contribution is 2.39. The first kappa shape index (κ1) is 25.0. The second-order valence-electron chi connectivity index (χ2n) is 10.7. The molecule has 2 aromatic heterocycles. The molecular weight excluding hydrogens is 468 g/mol. The van der Waals surface area contributed by atoms with Crippen LogP contribution in [0.2, 0.25) is 0 Å². The van der Waals surface area contributed by atoms with E-state index >= 15 is 0 Å². The van der Waals surface area contributed by atoms with Crippen molar-refractivity contribution in [2.45, 2.75) is 64.0 Å². The Hall–Kier alpha value is -3.65. The maximum absolute atomic E-state index is 13.8. The molecule has 4 heterocycles. The van der Waals surface area contributed by atoms with Crippen LogP contribution in [0.15, 0.2) is 64.4 Å². The molecule has 2 aliphatic rings. The van der Waals surface area contributed by atoms with Gasteiger partial charge < -0.3 is 14.5 Å². The van der Waals surface area contributed by atoms with Crippen molar-refractivity contribution < 1.29 is 19.2 Å². The number of likely N-dealkylation sites (tertiary alicyclic amines) is 1. The Bertz CT molecular complexity index is 1330. The van der Waals surface area contributed by atoms with E-state index in [1.165, 1.54) is 0 Å². The van der Waals surface area contributed by atoms with Crippen LogP contribution in [-0.2, 0) is 15.0 Å². The molecular formula is C29H32N4O4. The fraction of sp³-hybridized carbons (Fsp3) is 0.414. The number of carbonyl (C=O) groups excluding carboxylic acids is 2. The molecule has 0 radical (unpaired) electrons. The number of aliphatic hydroxyl groups is 1. The molecule has 3 aromatic rings. The van der Waals surface area contributed by atoms with Gasteiger partial charge in [-0.25, -0.2) is 4.99 Å². The lowest BCUT2D eigenvalue weighted by Gasteiger charge is -2.30. The van der Waals surface area contributed by atoms with E-state index in [4.69, 9.17) is 4.52 Å². The van der Waals surface area contributed by atoms with Crippen molar-refractivity contribution in [3.63, 3.8) is 0 Å². The number of aryl methyl sites for hydroxylation is 1. The van der Waals surface area contributed by atoms with Crippen molar-refractivity contribution in [1.29, 1.82) is 0 Å². The normalized spacial score (nSPS) is 24.5. The van der Waals surface area contributed by atoms with Gasteiger partial charge in [0.2, 0.25) is 5.91 Å². The van der Waals surface area contributed by atoms with Crippen LogP contribution < -0.4 is 0 Å². The van der Waals surface area contributed by atoms with Crippen LogP contribution in [-0.4, -0.2) is 56.4 Å². The first-order chi connectivity index (χ1) is 17.7. The summed E-state index contributed by atoms with van der Waals surface area (Å²) in [6.07, 6.45) is 3.61. The molecule has 0 saturated carbocycles. The maximum atomic E-state index is 13.8. The third-order valence-electron chi connectivity index (χ3n) is 7.60. The number of amides is 2. The quantitative estimate of drug-likeness (QED) is 0.546. The number of aromatic nitrogens is 2. The van der Waals surface area contributed by atoms with Crippen LogP contribution in [0, 0.1) is 12.8 Å². The molecule has 5 rings (SSSR count). The first-order valence-corrected chi connectivity index (χ1v) is 12.7. The monoisotopic (exact) mass is 500 g/mol. The highest BCUT2D eigenvalue weighted by Gasteiger charge is 2.48. The molecule has 0 aliphatic carbocycles. The molecule has 1 aromatic carbocycles. The number of β-amino-alcohol motifs (C(OH)–C–C–N with tert-alkyl or cyclic N) is 1. The predicted octanol–water partition coefficient (Wildman–Crippen LogP) is 4.08. The van der Waals surface area contributed by atoms with Gasteiger partial charge in [-0.2, -0.15) is 0 Å². The highest BCUT2D eigenvalue weighted by molar-refractivity contribution is 6.11. The summed E-state index contributed by atoms with van der Waals surface area (Å²) >= 11 is 0. The highest BCUT2D eigenvalue weighted by atomic mass is 16.5. The molecule has 0 unspecified atom stereocenters. The van der Waals surface area contributed by atoms with Crippen LogP contribution >= 0.6 is 0 Å². The number of rotatable bonds is 6. The maximum Gasteiger partial charge on any atom is 0.256 e. The Labute approximate surface area is 216 Å². The molecule has 4 atom stereocenters. The minimum atomic E-state index is -0.829. The molecule has 8 heteroatoms. The van der Waals surface area contributed by atoms with Crippen molar-refractivity contribution in [3.05, 3.63) is 71.9 Å². The first-order valence-electron chi connectivity index (χ1n) is 12.7. The zero-order valence-corrected chi connectivity index (χ0v) is 21.6. The Morgan fingerprint density at radius 3 is 2.57 bits per heavy atom. The largest absolute Gasteiger partial charge is 0.391 e. The van der Waals surface area contributed by atoms with E-state index in [2.05, 4.69) is 15.1 Å². The third-order valence-corrected chi connectivity index (χ3v) is 7.60. The number of aliphatic imine (C=N–C) groups is 1. The van der Waals surface area contributed by atoms with E-state index < -0.39 is 23.5 Å². The van der Waals surface area contributed by atoms with E-state index in [9.17, 15) is 14.7 Å². The zero-order chi connectivity index (χ0) is 26.3. The van der Waals surface area contributed by atoms with Gasteiger partial charge in [-0.1, -0.05) is 49.3 Å². The molecule has 1 fully saturated rings. The topological polar surface area (TPSA) is 109 Å². The summed E-state index contributed by atoms with van der Waals surface area (Å²) in [5.74, 6) is -0.415. The molecule has 1 saturated heterocycles. The lowest BCUT2D eigenvalue weighted by Crippen LogP contribution is -2.44. The molecule has 192 valence electrons. The van der Waals surface area contributed by atoms with E-state index in [1.807, 2.05) is 64.1 Å². The molecule has 0 bridgehead atoms. The molecule has 8 nitrogen and oxygen atoms in total. The molecule has 37 heavy (non-hydrogen) atoms. The van der Waals surface area contributed by atoms with E-state index in [-0.39, 0.29) is 24.3 Å². The van der Waals surface area contributed by atoms with Gasteiger partial charge in [-0.3, -0.25) is 14.6 Å². The van der Waals surface area contributed by atoms with Gasteiger partial charge in [0.25, 0.3) is 5.91 Å². The fourth-order valence-corrected chi connectivity index (χ4v) is 5.53. The minimum Gasteiger partial charge on any atom is -0.391 e.